The Labute approximate surface area is 125 Å². The summed E-state index contributed by atoms with van der Waals surface area (Å²) in [6.45, 7) is 0. The molecule has 0 unspecified atom stereocenters. The van der Waals surface area contributed by atoms with E-state index < -0.39 is 11.8 Å². The minimum absolute atomic E-state index is 0.00923. The first-order valence-corrected chi connectivity index (χ1v) is 6.87. The third-order valence-electron chi connectivity index (χ3n) is 2.03. The Morgan fingerprint density at radius 1 is 1.53 bits per heavy atom. The molecule has 100 valence electrons. The summed E-state index contributed by atoms with van der Waals surface area (Å²) in [5.41, 5.74) is 0. The van der Waals surface area contributed by atoms with Gasteiger partial charge in [0.05, 0.1) is 7.11 Å². The molecule has 1 heterocycles. The molecule has 4 nitrogen and oxygen atoms in total. The standard InChI is InChI=1S/C11H6BrClFNO3S/c1-17-10(16)8-9(13)15-11(19-8)18-7-3-2-5(12)4-6(7)14/h2-4H,1H3. The van der Waals surface area contributed by atoms with Crippen LogP contribution in [0.2, 0.25) is 5.15 Å². The Kier molecular flexibility index (Phi) is 4.38. The first-order valence-electron chi connectivity index (χ1n) is 4.89. The highest BCUT2D eigenvalue weighted by Gasteiger charge is 2.19. The summed E-state index contributed by atoms with van der Waals surface area (Å²) in [4.78, 5) is 15.3. The van der Waals surface area contributed by atoms with E-state index in [2.05, 4.69) is 25.7 Å². The zero-order valence-electron chi connectivity index (χ0n) is 9.45. The Bertz CT molecular complexity index is 634. The molecule has 0 aliphatic heterocycles. The molecule has 0 bridgehead atoms. The van der Waals surface area contributed by atoms with Crippen LogP contribution in [0.15, 0.2) is 22.7 Å². The van der Waals surface area contributed by atoms with Gasteiger partial charge in [-0.2, -0.15) is 4.98 Å². The van der Waals surface area contributed by atoms with Crippen molar-refractivity contribution in [3.8, 4) is 10.9 Å². The normalized spacial score (nSPS) is 10.3. The lowest BCUT2D eigenvalue weighted by Crippen LogP contribution is -1.98. The molecule has 0 aliphatic carbocycles. The quantitative estimate of drug-likeness (QED) is 0.761. The minimum Gasteiger partial charge on any atom is -0.465 e. The number of halogens is 3. The zero-order chi connectivity index (χ0) is 14.0. The molecule has 19 heavy (non-hydrogen) atoms. The number of aromatic nitrogens is 1. The summed E-state index contributed by atoms with van der Waals surface area (Å²) in [6.07, 6.45) is 0. The molecule has 2 aromatic rings. The van der Waals surface area contributed by atoms with Crippen molar-refractivity contribution in [1.29, 1.82) is 0 Å². The topological polar surface area (TPSA) is 48.4 Å². The SMILES string of the molecule is COC(=O)c1sc(Oc2ccc(Br)cc2F)nc1Cl. The minimum atomic E-state index is -0.617. The van der Waals surface area contributed by atoms with Crippen LogP contribution < -0.4 is 4.74 Å². The molecule has 2 rings (SSSR count). The molecule has 0 amide bonds. The molecular weight excluding hydrogens is 361 g/mol. The molecule has 0 saturated carbocycles. The van der Waals surface area contributed by atoms with Crippen molar-refractivity contribution in [2.45, 2.75) is 0 Å². The molecule has 0 aliphatic rings. The van der Waals surface area contributed by atoms with E-state index in [1.54, 1.807) is 6.07 Å². The zero-order valence-corrected chi connectivity index (χ0v) is 12.6. The van der Waals surface area contributed by atoms with Gasteiger partial charge in [-0.15, -0.1) is 0 Å². The summed E-state index contributed by atoms with van der Waals surface area (Å²) in [5, 5.41) is 0.0241. The number of rotatable bonds is 3. The highest BCUT2D eigenvalue weighted by atomic mass is 79.9. The van der Waals surface area contributed by atoms with Gasteiger partial charge >= 0.3 is 5.97 Å². The molecule has 0 fully saturated rings. The van der Waals surface area contributed by atoms with Crippen LogP contribution in [-0.2, 0) is 4.74 Å². The molecular formula is C11H6BrClFNO3S. The summed E-state index contributed by atoms with van der Waals surface area (Å²) in [7, 11) is 1.23. The molecule has 0 N–H and O–H groups in total. The van der Waals surface area contributed by atoms with E-state index in [4.69, 9.17) is 16.3 Å². The second-order valence-corrected chi connectivity index (χ2v) is 5.50. The number of ether oxygens (including phenoxy) is 2. The van der Waals surface area contributed by atoms with E-state index in [0.717, 1.165) is 11.3 Å². The highest BCUT2D eigenvalue weighted by molar-refractivity contribution is 9.10. The van der Waals surface area contributed by atoms with Gasteiger partial charge in [-0.1, -0.05) is 38.9 Å². The third kappa shape index (κ3) is 3.23. The number of carbonyl (C=O) groups is 1. The van der Waals surface area contributed by atoms with Gasteiger partial charge in [-0.05, 0) is 18.2 Å². The van der Waals surface area contributed by atoms with E-state index in [-0.39, 0.29) is 21.0 Å². The van der Waals surface area contributed by atoms with E-state index >= 15 is 0 Å². The largest absolute Gasteiger partial charge is 0.465 e. The van der Waals surface area contributed by atoms with Gasteiger partial charge in [0.2, 0.25) is 0 Å². The number of nitrogens with zero attached hydrogens (tertiary/aromatic N) is 1. The second-order valence-electron chi connectivity index (χ2n) is 3.27. The average molecular weight is 367 g/mol. The number of hydrogen-bond acceptors (Lipinski definition) is 5. The first kappa shape index (κ1) is 14.2. The van der Waals surface area contributed by atoms with Crippen LogP contribution >= 0.6 is 38.9 Å². The molecule has 8 heteroatoms. The molecule has 0 spiro atoms. The number of methoxy groups -OCH3 is 1. The smallest absolute Gasteiger partial charge is 0.351 e. The Morgan fingerprint density at radius 3 is 2.89 bits per heavy atom. The number of esters is 1. The van der Waals surface area contributed by atoms with Gasteiger partial charge in [-0.25, -0.2) is 9.18 Å². The fourth-order valence-corrected chi connectivity index (χ4v) is 2.59. The van der Waals surface area contributed by atoms with Crippen LogP contribution in [0.5, 0.6) is 10.9 Å². The van der Waals surface area contributed by atoms with Crippen LogP contribution in [0.25, 0.3) is 0 Å². The predicted octanol–water partition coefficient (Wildman–Crippen LogP) is 4.28. The second kappa shape index (κ2) is 5.85. The fraction of sp³-hybridized carbons (Fsp3) is 0.0909. The first-order chi connectivity index (χ1) is 9.01. The van der Waals surface area contributed by atoms with Gasteiger partial charge in [0.15, 0.2) is 21.6 Å². The van der Waals surface area contributed by atoms with Crippen molar-refractivity contribution < 1.29 is 18.7 Å². The maximum atomic E-state index is 13.6. The number of benzene rings is 1. The molecule has 0 radical (unpaired) electrons. The van der Waals surface area contributed by atoms with Gasteiger partial charge in [0, 0.05) is 4.47 Å². The van der Waals surface area contributed by atoms with Crippen molar-refractivity contribution >= 4 is 44.8 Å². The molecule has 1 aromatic heterocycles. The van der Waals surface area contributed by atoms with E-state index in [9.17, 15) is 9.18 Å². The van der Waals surface area contributed by atoms with Crippen molar-refractivity contribution in [2.75, 3.05) is 7.11 Å². The van der Waals surface area contributed by atoms with Crippen molar-refractivity contribution in [3.63, 3.8) is 0 Å². The lowest BCUT2D eigenvalue weighted by atomic mass is 10.3. The van der Waals surface area contributed by atoms with Crippen LogP contribution in [0.1, 0.15) is 9.67 Å². The number of hydrogen-bond donors (Lipinski definition) is 0. The maximum Gasteiger partial charge on any atom is 0.351 e. The maximum absolute atomic E-state index is 13.6. The Balaban J connectivity index is 2.26. The average Bonchev–Trinajstić information content (AvgIpc) is 2.73. The van der Waals surface area contributed by atoms with Gasteiger partial charge in [0.1, 0.15) is 0 Å². The lowest BCUT2D eigenvalue weighted by Gasteiger charge is -2.02. The van der Waals surface area contributed by atoms with Crippen molar-refractivity contribution in [1.82, 2.24) is 4.98 Å². The summed E-state index contributed by atoms with van der Waals surface area (Å²) in [6, 6.07) is 4.31. The number of carbonyl (C=O) groups excluding carboxylic acids is 1. The number of thiazole rings is 1. The van der Waals surface area contributed by atoms with Crippen molar-refractivity contribution in [3.05, 3.63) is 38.5 Å². The Hall–Kier alpha value is -1.18. The monoisotopic (exact) mass is 365 g/mol. The predicted molar refractivity (Wildman–Crippen MR) is 72.6 cm³/mol. The van der Waals surface area contributed by atoms with Gasteiger partial charge < -0.3 is 9.47 Å². The van der Waals surface area contributed by atoms with Crippen LogP contribution in [0.4, 0.5) is 4.39 Å². The van der Waals surface area contributed by atoms with E-state index in [0.29, 0.717) is 4.47 Å². The summed E-state index contributed by atoms with van der Waals surface area (Å²) < 4.78 is 23.9. The van der Waals surface area contributed by atoms with E-state index in [1.807, 2.05) is 0 Å². The molecule has 1 aromatic carbocycles. The van der Waals surface area contributed by atoms with Crippen LogP contribution in [0.3, 0.4) is 0 Å². The summed E-state index contributed by atoms with van der Waals surface area (Å²) in [5.74, 6) is -1.18. The van der Waals surface area contributed by atoms with Crippen LogP contribution in [0, 0.1) is 5.82 Å². The Morgan fingerprint density at radius 2 is 2.26 bits per heavy atom. The van der Waals surface area contributed by atoms with Crippen LogP contribution in [-0.4, -0.2) is 18.1 Å². The molecule has 0 atom stereocenters. The lowest BCUT2D eigenvalue weighted by molar-refractivity contribution is 0.0606. The highest BCUT2D eigenvalue weighted by Crippen LogP contribution is 2.33. The van der Waals surface area contributed by atoms with Gasteiger partial charge in [-0.3, -0.25) is 0 Å². The third-order valence-corrected chi connectivity index (χ3v) is 3.82. The summed E-state index contributed by atoms with van der Waals surface area (Å²) >= 11 is 9.78. The fourth-order valence-electron chi connectivity index (χ4n) is 1.20. The molecule has 0 saturated heterocycles. The van der Waals surface area contributed by atoms with Crippen molar-refractivity contribution in [2.24, 2.45) is 0 Å². The van der Waals surface area contributed by atoms with E-state index in [1.165, 1.54) is 19.2 Å². The van der Waals surface area contributed by atoms with Gasteiger partial charge in [0.25, 0.3) is 5.19 Å².